The highest BCUT2D eigenvalue weighted by Gasteiger charge is 2.26. The third-order valence-electron chi connectivity index (χ3n) is 5.93. The van der Waals surface area contributed by atoms with Crippen LogP contribution in [0, 0.1) is 0 Å². The first-order valence-corrected chi connectivity index (χ1v) is 11.7. The molecule has 7 nitrogen and oxygen atoms in total. The average molecular weight is 506 g/mol. The number of carbonyl (C=O) groups excluding carboxylic acids is 1. The molecule has 0 aliphatic carbocycles. The van der Waals surface area contributed by atoms with Gasteiger partial charge >= 0.3 is 0 Å². The van der Waals surface area contributed by atoms with Crippen molar-refractivity contribution >= 4 is 17.3 Å². The SMILES string of the molecule is CN(C)c1ccc(-c2oc(-c3ccc(C(C)(F)F)cc3)nc2C(=O)Nc2ccc3c(c2)OCCO3)cc1. The molecule has 0 spiro atoms. The quantitative estimate of drug-likeness (QED) is 0.336. The summed E-state index contributed by atoms with van der Waals surface area (Å²) in [4.78, 5) is 19.8. The number of anilines is 2. The molecule has 0 bridgehead atoms. The number of hydrogen-bond donors (Lipinski definition) is 1. The van der Waals surface area contributed by atoms with E-state index in [1.165, 1.54) is 24.3 Å². The molecule has 5 rings (SSSR count). The number of benzene rings is 3. The van der Waals surface area contributed by atoms with Crippen LogP contribution < -0.4 is 19.7 Å². The summed E-state index contributed by atoms with van der Waals surface area (Å²) >= 11 is 0. The van der Waals surface area contributed by atoms with Gasteiger partial charge in [0.05, 0.1) is 0 Å². The molecule has 0 saturated carbocycles. The predicted octanol–water partition coefficient (Wildman–Crippen LogP) is 6.21. The highest BCUT2D eigenvalue weighted by molar-refractivity contribution is 6.07. The minimum atomic E-state index is -2.97. The molecule has 1 aliphatic heterocycles. The van der Waals surface area contributed by atoms with E-state index < -0.39 is 11.8 Å². The number of carbonyl (C=O) groups is 1. The number of fused-ring (bicyclic) bond motifs is 1. The van der Waals surface area contributed by atoms with Crippen LogP contribution in [0.3, 0.4) is 0 Å². The number of rotatable bonds is 6. The van der Waals surface area contributed by atoms with Gasteiger partial charge in [0.15, 0.2) is 23.0 Å². The van der Waals surface area contributed by atoms with Gasteiger partial charge in [0.1, 0.15) is 13.2 Å². The smallest absolute Gasteiger partial charge is 0.278 e. The van der Waals surface area contributed by atoms with E-state index in [9.17, 15) is 13.6 Å². The van der Waals surface area contributed by atoms with Crippen molar-refractivity contribution in [3.05, 3.63) is 78.0 Å². The van der Waals surface area contributed by atoms with Gasteiger partial charge in [-0.2, -0.15) is 0 Å². The average Bonchev–Trinajstić information content (AvgIpc) is 3.34. The maximum atomic E-state index is 13.7. The number of oxazole rings is 1. The van der Waals surface area contributed by atoms with Gasteiger partial charge in [-0.25, -0.2) is 13.8 Å². The number of amides is 1. The maximum Gasteiger partial charge on any atom is 0.278 e. The largest absolute Gasteiger partial charge is 0.486 e. The predicted molar refractivity (Wildman–Crippen MR) is 137 cm³/mol. The topological polar surface area (TPSA) is 76.8 Å². The molecule has 0 saturated heterocycles. The monoisotopic (exact) mass is 505 g/mol. The fraction of sp³-hybridized carbons (Fsp3) is 0.214. The van der Waals surface area contributed by atoms with Crippen molar-refractivity contribution in [2.45, 2.75) is 12.8 Å². The molecule has 37 heavy (non-hydrogen) atoms. The lowest BCUT2D eigenvalue weighted by Crippen LogP contribution is -2.17. The van der Waals surface area contributed by atoms with E-state index in [1.807, 2.05) is 43.3 Å². The number of ether oxygens (including phenoxy) is 2. The Bertz CT molecular complexity index is 1430. The minimum absolute atomic E-state index is 0.0624. The molecular formula is C28H25F2N3O4. The summed E-state index contributed by atoms with van der Waals surface area (Å²) in [5.74, 6) is -1.91. The summed E-state index contributed by atoms with van der Waals surface area (Å²) in [6, 6.07) is 18.2. The van der Waals surface area contributed by atoms with Gasteiger partial charge in [-0.05, 0) is 48.5 Å². The second-order valence-electron chi connectivity index (χ2n) is 8.92. The van der Waals surface area contributed by atoms with Crippen molar-refractivity contribution in [1.82, 2.24) is 4.98 Å². The molecule has 190 valence electrons. The van der Waals surface area contributed by atoms with E-state index in [0.29, 0.717) is 41.5 Å². The van der Waals surface area contributed by atoms with Crippen LogP contribution in [-0.2, 0) is 5.92 Å². The summed E-state index contributed by atoms with van der Waals surface area (Å²) in [6.45, 7) is 1.73. The molecule has 0 radical (unpaired) electrons. The van der Waals surface area contributed by atoms with E-state index in [4.69, 9.17) is 13.9 Å². The Hall–Kier alpha value is -4.40. The van der Waals surface area contributed by atoms with E-state index in [-0.39, 0.29) is 22.9 Å². The van der Waals surface area contributed by atoms with Crippen LogP contribution in [0.15, 0.2) is 71.1 Å². The summed E-state index contributed by atoms with van der Waals surface area (Å²) in [6.07, 6.45) is 0. The molecule has 1 aliphatic rings. The lowest BCUT2D eigenvalue weighted by Gasteiger charge is -2.18. The van der Waals surface area contributed by atoms with Crippen LogP contribution in [0.25, 0.3) is 22.8 Å². The van der Waals surface area contributed by atoms with Crippen molar-refractivity contribution in [2.24, 2.45) is 0 Å². The van der Waals surface area contributed by atoms with Crippen molar-refractivity contribution in [1.29, 1.82) is 0 Å². The van der Waals surface area contributed by atoms with E-state index >= 15 is 0 Å². The normalized spacial score (nSPS) is 12.8. The zero-order valence-electron chi connectivity index (χ0n) is 20.5. The molecule has 1 N–H and O–H groups in total. The molecule has 0 atom stereocenters. The zero-order valence-corrected chi connectivity index (χ0v) is 20.5. The third kappa shape index (κ3) is 5.11. The van der Waals surface area contributed by atoms with Crippen LogP contribution in [0.2, 0.25) is 0 Å². The number of hydrogen-bond acceptors (Lipinski definition) is 6. The molecule has 9 heteroatoms. The standard InChI is InChI=1S/C28H25F2N3O4/c1-28(29,30)19-8-4-18(5-9-19)27-32-24(25(37-27)17-6-11-21(12-7-17)33(2)3)26(34)31-20-10-13-22-23(16-20)36-15-14-35-22/h4-13,16H,14-15H2,1-3H3,(H,31,34). The van der Waals surface area contributed by atoms with Crippen LogP contribution in [0.4, 0.5) is 20.2 Å². The van der Waals surface area contributed by atoms with Crippen molar-refractivity contribution < 1.29 is 27.5 Å². The van der Waals surface area contributed by atoms with Crippen molar-refractivity contribution in [3.8, 4) is 34.3 Å². The second kappa shape index (κ2) is 9.57. The Morgan fingerprint density at radius 2 is 1.57 bits per heavy atom. The van der Waals surface area contributed by atoms with Gasteiger partial charge < -0.3 is 24.1 Å². The number of nitrogens with one attached hydrogen (secondary N) is 1. The van der Waals surface area contributed by atoms with E-state index in [1.54, 1.807) is 18.2 Å². The first kappa shape index (κ1) is 24.3. The van der Waals surface area contributed by atoms with Crippen LogP contribution in [0.1, 0.15) is 23.0 Å². The Labute approximate surface area is 212 Å². The molecular weight excluding hydrogens is 480 g/mol. The molecule has 3 aromatic carbocycles. The van der Waals surface area contributed by atoms with Crippen LogP contribution in [0.5, 0.6) is 11.5 Å². The van der Waals surface area contributed by atoms with Gasteiger partial charge in [0.25, 0.3) is 11.8 Å². The van der Waals surface area contributed by atoms with Gasteiger partial charge in [-0.15, -0.1) is 0 Å². The van der Waals surface area contributed by atoms with Gasteiger partial charge in [0.2, 0.25) is 5.89 Å². The minimum Gasteiger partial charge on any atom is -0.486 e. The fourth-order valence-corrected chi connectivity index (χ4v) is 3.92. The first-order chi connectivity index (χ1) is 17.7. The highest BCUT2D eigenvalue weighted by atomic mass is 19.3. The fourth-order valence-electron chi connectivity index (χ4n) is 3.92. The molecule has 0 unspecified atom stereocenters. The number of aromatic nitrogens is 1. The third-order valence-corrected chi connectivity index (χ3v) is 5.93. The Kier molecular flexibility index (Phi) is 6.29. The Morgan fingerprint density at radius 3 is 2.22 bits per heavy atom. The summed E-state index contributed by atoms with van der Waals surface area (Å²) in [5.41, 5.74) is 2.53. The van der Waals surface area contributed by atoms with Crippen molar-refractivity contribution in [2.75, 3.05) is 37.5 Å². The van der Waals surface area contributed by atoms with Gasteiger partial charge in [-0.1, -0.05) is 12.1 Å². The molecule has 4 aromatic rings. The Balaban J connectivity index is 1.51. The van der Waals surface area contributed by atoms with E-state index in [2.05, 4.69) is 10.3 Å². The molecule has 2 heterocycles. The number of halogens is 2. The summed E-state index contributed by atoms with van der Waals surface area (Å²) in [7, 11) is 3.86. The number of alkyl halides is 2. The van der Waals surface area contributed by atoms with E-state index in [0.717, 1.165) is 12.6 Å². The summed E-state index contributed by atoms with van der Waals surface area (Å²) < 4.78 is 44.5. The lowest BCUT2D eigenvalue weighted by atomic mass is 10.1. The second-order valence-corrected chi connectivity index (χ2v) is 8.92. The maximum absolute atomic E-state index is 13.7. The Morgan fingerprint density at radius 1 is 0.919 bits per heavy atom. The molecule has 1 amide bonds. The molecule has 0 fully saturated rings. The summed E-state index contributed by atoms with van der Waals surface area (Å²) in [5, 5.41) is 2.84. The lowest BCUT2D eigenvalue weighted by molar-refractivity contribution is 0.0175. The zero-order chi connectivity index (χ0) is 26.2. The number of nitrogens with zero attached hydrogens (tertiary/aromatic N) is 2. The van der Waals surface area contributed by atoms with Crippen LogP contribution in [-0.4, -0.2) is 38.2 Å². The van der Waals surface area contributed by atoms with Gasteiger partial charge in [0, 0.05) is 55.2 Å². The van der Waals surface area contributed by atoms with Crippen molar-refractivity contribution in [3.63, 3.8) is 0 Å². The first-order valence-electron chi connectivity index (χ1n) is 11.7. The molecule has 1 aromatic heterocycles. The van der Waals surface area contributed by atoms with Crippen LogP contribution >= 0.6 is 0 Å². The van der Waals surface area contributed by atoms with Gasteiger partial charge in [-0.3, -0.25) is 4.79 Å². The highest BCUT2D eigenvalue weighted by Crippen LogP contribution is 2.35.